The third-order valence-corrected chi connectivity index (χ3v) is 4.72. The lowest BCUT2D eigenvalue weighted by molar-refractivity contribution is 0.303. The molecule has 3 aromatic rings. The van der Waals surface area contributed by atoms with E-state index in [1.807, 2.05) is 43.3 Å². The van der Waals surface area contributed by atoms with Crippen molar-refractivity contribution in [3.05, 3.63) is 109 Å². The number of rotatable bonds is 10. The lowest BCUT2D eigenvalue weighted by Crippen LogP contribution is -1.99. The normalized spacial score (nSPS) is 10.4. The van der Waals surface area contributed by atoms with Crippen molar-refractivity contribution in [3.8, 4) is 22.6 Å². The summed E-state index contributed by atoms with van der Waals surface area (Å²) in [4.78, 5) is 0. The smallest absolute Gasteiger partial charge is 0.123 e. The van der Waals surface area contributed by atoms with E-state index in [-0.39, 0.29) is 0 Å². The second kappa shape index (κ2) is 10.3. The van der Waals surface area contributed by atoms with Crippen LogP contribution in [0.3, 0.4) is 0 Å². The maximum atomic E-state index is 6.10. The van der Waals surface area contributed by atoms with Crippen LogP contribution in [-0.2, 0) is 19.4 Å². The number of hydrogen-bond donors (Lipinski definition) is 0. The summed E-state index contributed by atoms with van der Waals surface area (Å²) in [5, 5.41) is 0. The van der Waals surface area contributed by atoms with Gasteiger partial charge in [-0.25, -0.2) is 0 Å². The summed E-state index contributed by atoms with van der Waals surface area (Å²) < 4.78 is 11.9. The third-order valence-electron chi connectivity index (χ3n) is 4.72. The van der Waals surface area contributed by atoms with Crippen LogP contribution in [0.2, 0.25) is 0 Å². The van der Waals surface area contributed by atoms with E-state index in [9.17, 15) is 0 Å². The van der Waals surface area contributed by atoms with Gasteiger partial charge in [-0.05, 0) is 71.8 Å². The minimum absolute atomic E-state index is 0.552. The van der Waals surface area contributed by atoms with E-state index in [1.165, 1.54) is 0 Å². The minimum atomic E-state index is 0.552. The highest BCUT2D eigenvalue weighted by molar-refractivity contribution is 5.68. The number of hydrogen-bond acceptors (Lipinski definition) is 2. The van der Waals surface area contributed by atoms with Gasteiger partial charge in [-0.3, -0.25) is 0 Å². The van der Waals surface area contributed by atoms with Gasteiger partial charge in [-0.1, -0.05) is 54.6 Å². The van der Waals surface area contributed by atoms with Gasteiger partial charge in [0.25, 0.3) is 0 Å². The van der Waals surface area contributed by atoms with Crippen LogP contribution in [0.15, 0.2) is 92.0 Å². The Morgan fingerprint density at radius 3 is 1.79 bits per heavy atom. The van der Waals surface area contributed by atoms with Crippen LogP contribution >= 0.6 is 0 Å². The van der Waals surface area contributed by atoms with Crippen molar-refractivity contribution in [1.29, 1.82) is 0 Å². The van der Waals surface area contributed by atoms with Crippen molar-refractivity contribution in [1.82, 2.24) is 0 Å². The van der Waals surface area contributed by atoms with Crippen LogP contribution in [0, 0.1) is 0 Å². The van der Waals surface area contributed by atoms with Crippen LogP contribution in [0.4, 0.5) is 0 Å². The molecule has 29 heavy (non-hydrogen) atoms. The van der Waals surface area contributed by atoms with Crippen molar-refractivity contribution >= 4 is 0 Å². The van der Waals surface area contributed by atoms with Crippen molar-refractivity contribution in [2.24, 2.45) is 0 Å². The molecule has 0 unspecified atom stereocenters. The summed E-state index contributed by atoms with van der Waals surface area (Å²) >= 11 is 0. The quantitative estimate of drug-likeness (QED) is 0.358. The lowest BCUT2D eigenvalue weighted by atomic mass is 9.98. The van der Waals surface area contributed by atoms with Crippen molar-refractivity contribution in [2.75, 3.05) is 6.61 Å². The van der Waals surface area contributed by atoms with Crippen LogP contribution in [0.5, 0.6) is 11.5 Å². The molecule has 0 spiro atoms. The summed E-state index contributed by atoms with van der Waals surface area (Å²) in [7, 11) is 0. The zero-order valence-corrected chi connectivity index (χ0v) is 17.1. The predicted molar refractivity (Wildman–Crippen MR) is 122 cm³/mol. The molecule has 2 heteroatoms. The lowest BCUT2D eigenvalue weighted by Gasteiger charge is -2.14. The zero-order chi connectivity index (χ0) is 20.5. The Balaban J connectivity index is 1.88. The summed E-state index contributed by atoms with van der Waals surface area (Å²) in [5.41, 5.74) is 5.75. The zero-order valence-electron chi connectivity index (χ0n) is 17.1. The Kier molecular flexibility index (Phi) is 7.29. The van der Waals surface area contributed by atoms with Crippen molar-refractivity contribution in [2.45, 2.75) is 26.4 Å². The van der Waals surface area contributed by atoms with Crippen LogP contribution < -0.4 is 9.47 Å². The van der Waals surface area contributed by atoms with Gasteiger partial charge in [0, 0.05) is 0 Å². The highest BCUT2D eigenvalue weighted by Crippen LogP contribution is 2.31. The van der Waals surface area contributed by atoms with Crippen LogP contribution in [-0.4, -0.2) is 6.61 Å². The molecule has 0 aliphatic rings. The summed E-state index contributed by atoms with van der Waals surface area (Å²) in [6, 6.07) is 22.9. The van der Waals surface area contributed by atoms with Gasteiger partial charge in [0.2, 0.25) is 0 Å². The average Bonchev–Trinajstić information content (AvgIpc) is 2.75. The fourth-order valence-electron chi connectivity index (χ4n) is 3.32. The molecule has 0 bridgehead atoms. The Hall–Kier alpha value is -3.26. The molecule has 0 atom stereocenters. The molecule has 0 N–H and O–H groups in total. The summed E-state index contributed by atoms with van der Waals surface area (Å²) in [6.45, 7) is 11.0. The molecule has 148 valence electrons. The Morgan fingerprint density at radius 2 is 1.28 bits per heavy atom. The summed E-state index contributed by atoms with van der Waals surface area (Å²) in [5.74, 6) is 1.82. The van der Waals surface area contributed by atoms with E-state index in [0.717, 1.165) is 52.2 Å². The molecule has 3 aromatic carbocycles. The molecule has 0 saturated carbocycles. The Labute approximate surface area is 174 Å². The SMILES string of the molecule is C=CCc1cc(-c2ccc(OCc3ccccc3)c(CC=C)c2)ccc1OCC. The Bertz CT molecular complexity index is 958. The molecule has 0 aromatic heterocycles. The van der Waals surface area contributed by atoms with Gasteiger partial charge in [-0.2, -0.15) is 0 Å². The molecular weight excluding hydrogens is 356 g/mol. The van der Waals surface area contributed by atoms with Gasteiger partial charge in [0.05, 0.1) is 6.61 Å². The maximum absolute atomic E-state index is 6.10. The first-order valence-corrected chi connectivity index (χ1v) is 10.0. The standard InChI is InChI=1S/C27H28O2/c1-4-10-24-18-22(14-16-26(24)28-6-3)23-15-17-27(25(19-23)11-5-2)29-20-21-12-8-7-9-13-21/h4-5,7-9,12-19H,1-2,6,10-11,20H2,3H3. The number of benzene rings is 3. The molecule has 0 heterocycles. The molecule has 0 radical (unpaired) electrons. The maximum Gasteiger partial charge on any atom is 0.123 e. The van der Waals surface area contributed by atoms with E-state index in [1.54, 1.807) is 0 Å². The van der Waals surface area contributed by atoms with Gasteiger partial charge < -0.3 is 9.47 Å². The fourth-order valence-corrected chi connectivity index (χ4v) is 3.32. The molecule has 0 fully saturated rings. The van der Waals surface area contributed by atoms with Gasteiger partial charge >= 0.3 is 0 Å². The molecule has 0 aliphatic carbocycles. The van der Waals surface area contributed by atoms with Gasteiger partial charge in [0.1, 0.15) is 18.1 Å². The van der Waals surface area contributed by atoms with Crippen molar-refractivity contribution < 1.29 is 9.47 Å². The first kappa shape index (κ1) is 20.5. The second-order valence-corrected chi connectivity index (χ2v) is 6.84. The fraction of sp³-hybridized carbons (Fsp3) is 0.185. The van der Waals surface area contributed by atoms with Crippen LogP contribution in [0.1, 0.15) is 23.6 Å². The van der Waals surface area contributed by atoms with E-state index in [4.69, 9.17) is 9.47 Å². The Morgan fingerprint density at radius 1 is 0.724 bits per heavy atom. The summed E-state index contributed by atoms with van der Waals surface area (Å²) in [6.07, 6.45) is 5.36. The molecule has 0 saturated heterocycles. The molecule has 0 aliphatic heterocycles. The second-order valence-electron chi connectivity index (χ2n) is 6.84. The number of ether oxygens (including phenoxy) is 2. The first-order chi connectivity index (χ1) is 14.2. The monoisotopic (exact) mass is 384 g/mol. The van der Waals surface area contributed by atoms with E-state index in [2.05, 4.69) is 55.6 Å². The van der Waals surface area contributed by atoms with E-state index in [0.29, 0.717) is 13.2 Å². The average molecular weight is 385 g/mol. The van der Waals surface area contributed by atoms with Crippen molar-refractivity contribution in [3.63, 3.8) is 0 Å². The third kappa shape index (κ3) is 5.39. The topological polar surface area (TPSA) is 18.5 Å². The largest absolute Gasteiger partial charge is 0.494 e. The van der Waals surface area contributed by atoms with Gasteiger partial charge in [0.15, 0.2) is 0 Å². The highest BCUT2D eigenvalue weighted by atomic mass is 16.5. The van der Waals surface area contributed by atoms with E-state index >= 15 is 0 Å². The molecular formula is C27H28O2. The first-order valence-electron chi connectivity index (χ1n) is 10.0. The minimum Gasteiger partial charge on any atom is -0.494 e. The number of allylic oxidation sites excluding steroid dienone is 2. The molecule has 0 amide bonds. The van der Waals surface area contributed by atoms with Gasteiger partial charge in [-0.15, -0.1) is 13.2 Å². The molecule has 3 rings (SSSR count). The molecule has 2 nitrogen and oxygen atoms in total. The predicted octanol–water partition coefficient (Wildman–Crippen LogP) is 6.79. The van der Waals surface area contributed by atoms with E-state index < -0.39 is 0 Å². The highest BCUT2D eigenvalue weighted by Gasteiger charge is 2.09. The van der Waals surface area contributed by atoms with Crippen LogP contribution in [0.25, 0.3) is 11.1 Å².